The molecule has 4 aromatic rings. The van der Waals surface area contributed by atoms with Crippen LogP contribution in [0.5, 0.6) is 0 Å². The van der Waals surface area contributed by atoms with Crippen LogP contribution < -0.4 is 0 Å². The number of nitrogens with zero attached hydrogens (tertiary/aromatic N) is 3. The third-order valence-corrected chi connectivity index (χ3v) is 5.31. The number of aryl methyl sites for hydroxylation is 3. The summed E-state index contributed by atoms with van der Waals surface area (Å²) in [6.07, 6.45) is 7.43. The number of rotatable bonds is 3. The second kappa shape index (κ2) is 7.64. The average molecular weight is 430 g/mol. The molecule has 0 unspecified atom stereocenters. The van der Waals surface area contributed by atoms with Crippen molar-refractivity contribution >= 4 is 15.9 Å². The number of hydrogen-bond donors (Lipinski definition) is 0. The molecule has 3 heterocycles. The fraction of sp³-hybridized carbons (Fsp3) is 0.125. The Bertz CT molecular complexity index is 1150. The zero-order chi connectivity index (χ0) is 19.7. The summed E-state index contributed by atoms with van der Waals surface area (Å²) >= 11 is 3.47. The summed E-state index contributed by atoms with van der Waals surface area (Å²) in [6.45, 7) is 6.30. The van der Waals surface area contributed by atoms with Crippen LogP contribution in [-0.2, 0) is 0 Å². The van der Waals surface area contributed by atoms with Crippen LogP contribution in [0.4, 0.5) is 0 Å². The molecule has 3 aromatic heterocycles. The molecule has 0 saturated heterocycles. The van der Waals surface area contributed by atoms with Crippen molar-refractivity contribution in [3.05, 3.63) is 88.4 Å². The molecule has 3 nitrogen and oxygen atoms in total. The maximum Gasteiger partial charge on any atom is 0.0747 e. The SMILES string of the molecule is Cc1cc(-c2cccnc2)ccc1-c1ncc(-c2ncc(Br)cc2C)cc1C. The topological polar surface area (TPSA) is 38.7 Å². The van der Waals surface area contributed by atoms with Gasteiger partial charge in [-0.25, -0.2) is 0 Å². The Morgan fingerprint density at radius 2 is 1.43 bits per heavy atom. The summed E-state index contributed by atoms with van der Waals surface area (Å²) in [5, 5.41) is 0. The molecule has 0 radical (unpaired) electrons. The molecule has 0 aliphatic rings. The molecule has 0 saturated carbocycles. The van der Waals surface area contributed by atoms with E-state index in [9.17, 15) is 0 Å². The minimum absolute atomic E-state index is 0.967. The van der Waals surface area contributed by atoms with E-state index < -0.39 is 0 Å². The lowest BCUT2D eigenvalue weighted by Crippen LogP contribution is -1.95. The predicted octanol–water partition coefficient (Wildman–Crippen LogP) is 6.56. The number of halogens is 1. The lowest BCUT2D eigenvalue weighted by molar-refractivity contribution is 1.21. The minimum Gasteiger partial charge on any atom is -0.264 e. The highest BCUT2D eigenvalue weighted by Gasteiger charge is 2.12. The van der Waals surface area contributed by atoms with E-state index in [0.29, 0.717) is 0 Å². The van der Waals surface area contributed by atoms with Gasteiger partial charge in [-0.05, 0) is 82.7 Å². The number of pyridine rings is 3. The lowest BCUT2D eigenvalue weighted by Gasteiger charge is -2.13. The van der Waals surface area contributed by atoms with E-state index in [1.54, 1.807) is 6.20 Å². The van der Waals surface area contributed by atoms with Gasteiger partial charge in [-0.1, -0.05) is 24.3 Å². The Balaban J connectivity index is 1.72. The molecule has 28 heavy (non-hydrogen) atoms. The Hall–Kier alpha value is -2.85. The first-order valence-electron chi connectivity index (χ1n) is 9.13. The van der Waals surface area contributed by atoms with Gasteiger partial charge in [0.05, 0.1) is 11.4 Å². The molecule has 0 bridgehead atoms. The van der Waals surface area contributed by atoms with Gasteiger partial charge in [0.2, 0.25) is 0 Å². The highest BCUT2D eigenvalue weighted by Crippen LogP contribution is 2.31. The fourth-order valence-corrected chi connectivity index (χ4v) is 3.92. The van der Waals surface area contributed by atoms with Crippen molar-refractivity contribution in [2.75, 3.05) is 0 Å². The molecule has 0 fully saturated rings. The van der Waals surface area contributed by atoms with Gasteiger partial charge in [0, 0.05) is 40.4 Å². The highest BCUT2D eigenvalue weighted by atomic mass is 79.9. The van der Waals surface area contributed by atoms with Crippen LogP contribution in [0.25, 0.3) is 33.6 Å². The summed E-state index contributed by atoms with van der Waals surface area (Å²) in [5.41, 5.74) is 9.91. The van der Waals surface area contributed by atoms with E-state index in [2.05, 4.69) is 83.1 Å². The van der Waals surface area contributed by atoms with Crippen molar-refractivity contribution in [2.45, 2.75) is 20.8 Å². The van der Waals surface area contributed by atoms with Gasteiger partial charge >= 0.3 is 0 Å². The van der Waals surface area contributed by atoms with Gasteiger partial charge in [-0.3, -0.25) is 15.0 Å². The second-order valence-electron chi connectivity index (χ2n) is 6.98. The molecule has 0 aliphatic heterocycles. The van der Waals surface area contributed by atoms with Gasteiger partial charge in [-0.2, -0.15) is 0 Å². The summed E-state index contributed by atoms with van der Waals surface area (Å²) in [6, 6.07) is 14.8. The van der Waals surface area contributed by atoms with Gasteiger partial charge in [0.25, 0.3) is 0 Å². The van der Waals surface area contributed by atoms with E-state index in [1.165, 1.54) is 11.1 Å². The summed E-state index contributed by atoms with van der Waals surface area (Å²) in [4.78, 5) is 13.6. The van der Waals surface area contributed by atoms with E-state index in [1.807, 2.05) is 24.7 Å². The number of aromatic nitrogens is 3. The maximum atomic E-state index is 4.79. The van der Waals surface area contributed by atoms with Crippen LogP contribution >= 0.6 is 15.9 Å². The molecule has 0 spiro atoms. The molecule has 0 amide bonds. The smallest absolute Gasteiger partial charge is 0.0747 e. The average Bonchev–Trinajstić information content (AvgIpc) is 2.69. The first-order chi connectivity index (χ1) is 13.5. The van der Waals surface area contributed by atoms with Crippen LogP contribution in [0.2, 0.25) is 0 Å². The van der Waals surface area contributed by atoms with Crippen molar-refractivity contribution in [2.24, 2.45) is 0 Å². The van der Waals surface area contributed by atoms with E-state index in [0.717, 1.165) is 43.7 Å². The van der Waals surface area contributed by atoms with Gasteiger partial charge in [0.1, 0.15) is 0 Å². The van der Waals surface area contributed by atoms with Crippen LogP contribution in [0.15, 0.2) is 71.7 Å². The normalized spacial score (nSPS) is 10.9. The Morgan fingerprint density at radius 1 is 0.679 bits per heavy atom. The Labute approximate surface area is 173 Å². The van der Waals surface area contributed by atoms with Crippen molar-refractivity contribution < 1.29 is 0 Å². The van der Waals surface area contributed by atoms with Crippen LogP contribution in [0.1, 0.15) is 16.7 Å². The van der Waals surface area contributed by atoms with Gasteiger partial charge < -0.3 is 0 Å². The Kier molecular flexibility index (Phi) is 5.05. The predicted molar refractivity (Wildman–Crippen MR) is 118 cm³/mol. The largest absolute Gasteiger partial charge is 0.264 e. The molecule has 4 heteroatoms. The summed E-state index contributed by atoms with van der Waals surface area (Å²) in [5.74, 6) is 0. The first kappa shape index (κ1) is 18.5. The molecule has 4 rings (SSSR count). The zero-order valence-electron chi connectivity index (χ0n) is 16.1. The van der Waals surface area contributed by atoms with E-state index >= 15 is 0 Å². The first-order valence-corrected chi connectivity index (χ1v) is 9.93. The summed E-state index contributed by atoms with van der Waals surface area (Å²) < 4.78 is 0.986. The quantitative estimate of drug-likeness (QED) is 0.370. The molecule has 138 valence electrons. The van der Waals surface area contributed by atoms with Gasteiger partial charge in [0.15, 0.2) is 0 Å². The molecule has 0 atom stereocenters. The third kappa shape index (κ3) is 3.60. The fourth-order valence-electron chi connectivity index (χ4n) is 3.47. The van der Waals surface area contributed by atoms with Crippen LogP contribution in [-0.4, -0.2) is 15.0 Å². The maximum absolute atomic E-state index is 4.79. The minimum atomic E-state index is 0.967. The highest BCUT2D eigenvalue weighted by molar-refractivity contribution is 9.10. The molecule has 1 aromatic carbocycles. The molecule has 0 N–H and O–H groups in total. The van der Waals surface area contributed by atoms with Crippen molar-refractivity contribution in [1.82, 2.24) is 15.0 Å². The Morgan fingerprint density at radius 3 is 2.11 bits per heavy atom. The monoisotopic (exact) mass is 429 g/mol. The van der Waals surface area contributed by atoms with Crippen molar-refractivity contribution in [3.63, 3.8) is 0 Å². The van der Waals surface area contributed by atoms with E-state index in [4.69, 9.17) is 4.98 Å². The third-order valence-electron chi connectivity index (χ3n) is 4.87. The lowest BCUT2D eigenvalue weighted by atomic mass is 9.96. The van der Waals surface area contributed by atoms with Crippen LogP contribution in [0.3, 0.4) is 0 Å². The second-order valence-corrected chi connectivity index (χ2v) is 7.90. The summed E-state index contributed by atoms with van der Waals surface area (Å²) in [7, 11) is 0. The standard InChI is InChI=1S/C24H20BrN3/c1-15-9-18(19-5-4-8-26-12-19)6-7-22(15)24-16(2)10-20(13-27-24)23-17(3)11-21(25)14-28-23/h4-14H,1-3H3. The molecular formula is C24H20BrN3. The van der Waals surface area contributed by atoms with Crippen molar-refractivity contribution in [3.8, 4) is 33.6 Å². The van der Waals surface area contributed by atoms with Crippen LogP contribution in [0, 0.1) is 20.8 Å². The van der Waals surface area contributed by atoms with E-state index in [-0.39, 0.29) is 0 Å². The van der Waals surface area contributed by atoms with Gasteiger partial charge in [-0.15, -0.1) is 0 Å². The molecule has 0 aliphatic carbocycles. The number of hydrogen-bond acceptors (Lipinski definition) is 3. The van der Waals surface area contributed by atoms with Crippen molar-refractivity contribution in [1.29, 1.82) is 0 Å². The molecular weight excluding hydrogens is 410 g/mol. The number of benzene rings is 1. The zero-order valence-corrected chi connectivity index (χ0v) is 17.7.